The summed E-state index contributed by atoms with van der Waals surface area (Å²) in [5.74, 6) is 0.422. The third-order valence-electron chi connectivity index (χ3n) is 4.39. The second-order valence-electron chi connectivity index (χ2n) is 5.28. The molecule has 2 heterocycles. The van der Waals surface area contributed by atoms with Crippen LogP contribution in [0.5, 0.6) is 0 Å². The van der Waals surface area contributed by atoms with Gasteiger partial charge in [0.25, 0.3) is 0 Å². The normalized spacial score (nSPS) is 42.1. The van der Waals surface area contributed by atoms with Crippen LogP contribution in [0.3, 0.4) is 0 Å². The SMILES string of the molecule is O=C1NN=C2C[C@H]3C[C@@H](CC4=NNC(=O)[C@@H]43)[C@@H]12. The molecule has 0 radical (unpaired) electrons. The summed E-state index contributed by atoms with van der Waals surface area (Å²) in [5.41, 5.74) is 7.00. The van der Waals surface area contributed by atoms with E-state index in [4.69, 9.17) is 0 Å². The monoisotopic (exact) mass is 232 g/mol. The number of amides is 2. The Hall–Kier alpha value is -1.72. The van der Waals surface area contributed by atoms with Crippen LogP contribution >= 0.6 is 0 Å². The average Bonchev–Trinajstić information content (AvgIpc) is 2.84. The summed E-state index contributed by atoms with van der Waals surface area (Å²) in [6, 6.07) is 0. The molecular weight excluding hydrogens is 220 g/mol. The number of nitrogens with zero attached hydrogens (tertiary/aromatic N) is 2. The lowest BCUT2D eigenvalue weighted by Gasteiger charge is -2.40. The minimum Gasteiger partial charge on any atom is -0.272 e. The van der Waals surface area contributed by atoms with Crippen molar-refractivity contribution in [3.05, 3.63) is 0 Å². The number of carbonyl (C=O) groups is 2. The van der Waals surface area contributed by atoms with Gasteiger partial charge in [-0.05, 0) is 31.1 Å². The molecule has 2 amide bonds. The van der Waals surface area contributed by atoms with Gasteiger partial charge in [-0.1, -0.05) is 0 Å². The number of fused-ring (bicyclic) bond motifs is 6. The zero-order valence-electron chi connectivity index (χ0n) is 9.14. The molecule has 6 heteroatoms. The molecule has 4 atom stereocenters. The zero-order valence-corrected chi connectivity index (χ0v) is 9.14. The first-order chi connectivity index (χ1) is 8.24. The predicted molar refractivity (Wildman–Crippen MR) is 59.0 cm³/mol. The Balaban J connectivity index is 1.73. The van der Waals surface area contributed by atoms with E-state index in [2.05, 4.69) is 21.1 Å². The molecule has 0 aromatic carbocycles. The molecule has 0 unspecified atom stereocenters. The molecular formula is C11H12N4O2. The van der Waals surface area contributed by atoms with Gasteiger partial charge in [0, 0.05) is 0 Å². The second-order valence-corrected chi connectivity index (χ2v) is 5.28. The van der Waals surface area contributed by atoms with Crippen LogP contribution in [0, 0.1) is 23.7 Å². The average molecular weight is 232 g/mol. The van der Waals surface area contributed by atoms with Crippen molar-refractivity contribution in [3.63, 3.8) is 0 Å². The molecule has 2 saturated carbocycles. The van der Waals surface area contributed by atoms with E-state index in [0.717, 1.165) is 30.7 Å². The molecule has 17 heavy (non-hydrogen) atoms. The molecule has 2 bridgehead atoms. The molecule has 2 fully saturated rings. The third kappa shape index (κ3) is 1.10. The standard InChI is InChI=1S/C11H12N4O2/c16-10-8-4-1-5(3-7(8)13-15-10)9-6(2-4)12-14-11(9)17/h4-5,8-9H,1-3H2,(H,14,17)(H,15,16)/t4-,5+,8-,9-/m1/s1. The summed E-state index contributed by atoms with van der Waals surface area (Å²) in [6.07, 6.45) is 2.43. The Morgan fingerprint density at radius 1 is 0.882 bits per heavy atom. The topological polar surface area (TPSA) is 82.9 Å². The third-order valence-corrected chi connectivity index (χ3v) is 4.39. The minimum atomic E-state index is -0.0781. The van der Waals surface area contributed by atoms with E-state index in [1.807, 2.05) is 0 Å². The molecule has 0 saturated heterocycles. The van der Waals surface area contributed by atoms with Crippen LogP contribution in [0.4, 0.5) is 0 Å². The van der Waals surface area contributed by atoms with Gasteiger partial charge in [-0.3, -0.25) is 9.59 Å². The van der Waals surface area contributed by atoms with E-state index in [0.29, 0.717) is 0 Å². The van der Waals surface area contributed by atoms with E-state index in [1.165, 1.54) is 0 Å². The molecule has 6 nitrogen and oxygen atoms in total. The molecule has 4 rings (SSSR count). The van der Waals surface area contributed by atoms with Crippen LogP contribution in [0.2, 0.25) is 0 Å². The maximum absolute atomic E-state index is 11.7. The molecule has 0 aromatic heterocycles. The lowest BCUT2D eigenvalue weighted by atomic mass is 9.61. The first-order valence-corrected chi connectivity index (χ1v) is 5.96. The molecule has 0 aromatic rings. The van der Waals surface area contributed by atoms with Gasteiger partial charge in [0.15, 0.2) is 0 Å². The van der Waals surface area contributed by atoms with Crippen molar-refractivity contribution < 1.29 is 9.59 Å². The number of hydrogen-bond donors (Lipinski definition) is 2. The van der Waals surface area contributed by atoms with Gasteiger partial charge >= 0.3 is 0 Å². The van der Waals surface area contributed by atoms with Crippen LogP contribution in [0.15, 0.2) is 10.2 Å². The quantitative estimate of drug-likeness (QED) is 0.596. The summed E-state index contributed by atoms with van der Waals surface area (Å²) >= 11 is 0. The van der Waals surface area contributed by atoms with Crippen LogP contribution in [0.25, 0.3) is 0 Å². The fourth-order valence-corrected chi connectivity index (χ4v) is 3.75. The number of hydrogen-bond acceptors (Lipinski definition) is 4. The van der Waals surface area contributed by atoms with E-state index in [-0.39, 0.29) is 35.5 Å². The molecule has 0 spiro atoms. The summed E-state index contributed by atoms with van der Waals surface area (Å²) in [6.45, 7) is 0. The number of hydrazone groups is 2. The Kier molecular flexibility index (Phi) is 1.61. The van der Waals surface area contributed by atoms with Crippen LogP contribution in [0.1, 0.15) is 19.3 Å². The Morgan fingerprint density at radius 2 is 1.35 bits per heavy atom. The highest BCUT2D eigenvalue weighted by Crippen LogP contribution is 2.45. The molecule has 88 valence electrons. The first kappa shape index (κ1) is 9.32. The molecule has 2 aliphatic carbocycles. The fourth-order valence-electron chi connectivity index (χ4n) is 3.75. The van der Waals surface area contributed by atoms with Crippen LogP contribution in [-0.2, 0) is 9.59 Å². The van der Waals surface area contributed by atoms with Gasteiger partial charge in [0.05, 0.1) is 23.3 Å². The van der Waals surface area contributed by atoms with Crippen molar-refractivity contribution in [3.8, 4) is 0 Å². The smallest absolute Gasteiger partial charge is 0.249 e. The van der Waals surface area contributed by atoms with E-state index in [1.54, 1.807) is 0 Å². The fraction of sp³-hybridized carbons (Fsp3) is 0.636. The maximum Gasteiger partial charge on any atom is 0.249 e. The summed E-state index contributed by atoms with van der Waals surface area (Å²) in [7, 11) is 0. The lowest BCUT2D eigenvalue weighted by Crippen LogP contribution is -2.47. The number of rotatable bonds is 0. The van der Waals surface area contributed by atoms with Crippen molar-refractivity contribution in [1.29, 1.82) is 0 Å². The van der Waals surface area contributed by atoms with Gasteiger partial charge in [0.2, 0.25) is 11.8 Å². The number of carbonyl (C=O) groups excluding carboxylic acids is 2. The van der Waals surface area contributed by atoms with Crippen LogP contribution < -0.4 is 10.9 Å². The van der Waals surface area contributed by atoms with Crippen molar-refractivity contribution in [2.45, 2.75) is 19.3 Å². The second kappa shape index (κ2) is 2.94. The summed E-state index contributed by atoms with van der Waals surface area (Å²) in [4.78, 5) is 23.4. The van der Waals surface area contributed by atoms with Crippen molar-refractivity contribution in [1.82, 2.24) is 10.9 Å². The Morgan fingerprint density at radius 3 is 1.82 bits per heavy atom. The van der Waals surface area contributed by atoms with E-state index in [9.17, 15) is 9.59 Å². The Bertz CT molecular complexity index is 452. The highest BCUT2D eigenvalue weighted by molar-refractivity contribution is 6.13. The van der Waals surface area contributed by atoms with Gasteiger partial charge in [-0.2, -0.15) is 10.2 Å². The van der Waals surface area contributed by atoms with Gasteiger partial charge in [-0.15, -0.1) is 0 Å². The highest BCUT2D eigenvalue weighted by Gasteiger charge is 2.52. The van der Waals surface area contributed by atoms with Crippen LogP contribution in [-0.4, -0.2) is 23.2 Å². The molecule has 2 N–H and O–H groups in total. The largest absolute Gasteiger partial charge is 0.272 e. The van der Waals surface area contributed by atoms with Gasteiger partial charge in [0.1, 0.15) is 0 Å². The van der Waals surface area contributed by atoms with Gasteiger partial charge < -0.3 is 0 Å². The molecule has 2 aliphatic heterocycles. The molecule has 4 aliphatic rings. The highest BCUT2D eigenvalue weighted by atomic mass is 16.2. The lowest BCUT2D eigenvalue weighted by molar-refractivity contribution is -0.124. The van der Waals surface area contributed by atoms with E-state index >= 15 is 0 Å². The predicted octanol–water partition coefficient (Wildman–Crippen LogP) is -0.380. The zero-order chi connectivity index (χ0) is 11.6. The number of nitrogens with one attached hydrogen (secondary N) is 2. The summed E-state index contributed by atoms with van der Waals surface area (Å²) in [5, 5.41) is 8.21. The van der Waals surface area contributed by atoms with Crippen molar-refractivity contribution in [2.75, 3.05) is 0 Å². The minimum absolute atomic E-state index is 0.0137. The first-order valence-electron chi connectivity index (χ1n) is 5.96. The van der Waals surface area contributed by atoms with Crippen molar-refractivity contribution in [2.24, 2.45) is 33.9 Å². The summed E-state index contributed by atoms with van der Waals surface area (Å²) < 4.78 is 0. The Labute approximate surface area is 97.5 Å². The van der Waals surface area contributed by atoms with Gasteiger partial charge in [-0.25, -0.2) is 10.9 Å². The maximum atomic E-state index is 11.7. The van der Waals surface area contributed by atoms with Crippen molar-refractivity contribution >= 4 is 23.2 Å². The van der Waals surface area contributed by atoms with E-state index < -0.39 is 0 Å².